The number of benzene rings is 1. The Balaban J connectivity index is 0.00000324. The zero-order valence-electron chi connectivity index (χ0n) is 11.3. The van der Waals surface area contributed by atoms with Gasteiger partial charge in [-0.15, -0.1) is 12.4 Å². The van der Waals surface area contributed by atoms with Crippen molar-refractivity contribution >= 4 is 39.9 Å². The van der Waals surface area contributed by atoms with Crippen LogP contribution in [0, 0.1) is 5.92 Å². The van der Waals surface area contributed by atoms with E-state index in [0.717, 1.165) is 4.47 Å². The van der Waals surface area contributed by atoms with Crippen LogP contribution >= 0.6 is 28.3 Å². The second-order valence-corrected chi connectivity index (χ2v) is 4.94. The number of anilines is 1. The molecule has 0 aliphatic heterocycles. The second-order valence-electron chi connectivity index (χ2n) is 4.02. The van der Waals surface area contributed by atoms with Crippen molar-refractivity contribution in [2.24, 2.45) is 5.92 Å². The van der Waals surface area contributed by atoms with E-state index in [2.05, 4.69) is 26.6 Å². The number of amides is 1. The first-order chi connectivity index (χ1) is 8.58. The average molecular weight is 352 g/mol. The van der Waals surface area contributed by atoms with E-state index in [1.54, 1.807) is 0 Å². The van der Waals surface area contributed by atoms with Gasteiger partial charge in [0.05, 0.1) is 12.3 Å². The van der Waals surface area contributed by atoms with E-state index >= 15 is 0 Å². The van der Waals surface area contributed by atoms with Crippen LogP contribution in [-0.2, 0) is 4.79 Å². The zero-order valence-corrected chi connectivity index (χ0v) is 13.7. The average Bonchev–Trinajstić information content (AvgIpc) is 2.33. The summed E-state index contributed by atoms with van der Waals surface area (Å²) in [5.41, 5.74) is 0.702. The van der Waals surface area contributed by atoms with Crippen LogP contribution in [0.4, 0.5) is 5.69 Å². The molecule has 0 aliphatic rings. The van der Waals surface area contributed by atoms with Crippen molar-refractivity contribution in [1.82, 2.24) is 5.32 Å². The maximum atomic E-state index is 11.9. The fraction of sp³-hybridized carbons (Fsp3) is 0.462. The van der Waals surface area contributed by atoms with Crippen molar-refractivity contribution < 1.29 is 9.53 Å². The molecule has 1 rings (SSSR count). The van der Waals surface area contributed by atoms with Crippen molar-refractivity contribution in [2.75, 3.05) is 25.5 Å². The number of rotatable bonds is 6. The molecule has 4 nitrogen and oxygen atoms in total. The van der Waals surface area contributed by atoms with Gasteiger partial charge in [0, 0.05) is 16.9 Å². The van der Waals surface area contributed by atoms with Gasteiger partial charge in [-0.3, -0.25) is 4.79 Å². The quantitative estimate of drug-likeness (QED) is 0.828. The zero-order chi connectivity index (χ0) is 13.5. The summed E-state index contributed by atoms with van der Waals surface area (Å²) in [5.74, 6) is 0.567. The lowest BCUT2D eigenvalue weighted by Crippen LogP contribution is -2.28. The van der Waals surface area contributed by atoms with Gasteiger partial charge >= 0.3 is 0 Å². The Labute approximate surface area is 128 Å². The van der Waals surface area contributed by atoms with E-state index in [1.807, 2.05) is 39.1 Å². The van der Waals surface area contributed by atoms with Gasteiger partial charge in [0.15, 0.2) is 0 Å². The molecule has 0 fully saturated rings. The lowest BCUT2D eigenvalue weighted by atomic mass is 10.1. The number of hydrogen-bond acceptors (Lipinski definition) is 3. The molecule has 0 heterocycles. The van der Waals surface area contributed by atoms with Crippen molar-refractivity contribution in [2.45, 2.75) is 13.8 Å². The minimum Gasteiger partial charge on any atom is -0.492 e. The highest BCUT2D eigenvalue weighted by Crippen LogP contribution is 2.28. The van der Waals surface area contributed by atoms with Gasteiger partial charge in [0.2, 0.25) is 5.91 Å². The Kier molecular flexibility index (Phi) is 8.80. The maximum Gasteiger partial charge on any atom is 0.228 e. The highest BCUT2D eigenvalue weighted by Gasteiger charge is 2.14. The minimum absolute atomic E-state index is 0. The molecule has 1 amide bonds. The normalized spacial score (nSPS) is 11.4. The van der Waals surface area contributed by atoms with Crippen molar-refractivity contribution in [3.63, 3.8) is 0 Å². The third kappa shape index (κ3) is 5.80. The predicted octanol–water partition coefficient (Wildman–Crippen LogP) is 3.06. The molecule has 1 atom stereocenters. The van der Waals surface area contributed by atoms with Gasteiger partial charge in [-0.2, -0.15) is 0 Å². The van der Waals surface area contributed by atoms with Crippen molar-refractivity contribution in [3.05, 3.63) is 22.7 Å². The van der Waals surface area contributed by atoms with Crippen LogP contribution in [0.3, 0.4) is 0 Å². The monoisotopic (exact) mass is 350 g/mol. The molecule has 19 heavy (non-hydrogen) atoms. The van der Waals surface area contributed by atoms with E-state index in [4.69, 9.17) is 4.74 Å². The fourth-order valence-corrected chi connectivity index (χ4v) is 1.87. The Morgan fingerprint density at radius 1 is 1.47 bits per heavy atom. The summed E-state index contributed by atoms with van der Waals surface area (Å²) < 4.78 is 6.42. The number of hydrogen-bond donors (Lipinski definition) is 2. The van der Waals surface area contributed by atoms with Crippen LogP contribution in [-0.4, -0.2) is 26.1 Å². The van der Waals surface area contributed by atoms with Crippen molar-refractivity contribution in [1.29, 1.82) is 0 Å². The SMILES string of the molecule is CCOc1cc(Br)ccc1NC(=O)C(C)CNC.Cl. The van der Waals surface area contributed by atoms with Crippen LogP contribution in [0.25, 0.3) is 0 Å². The van der Waals surface area contributed by atoms with E-state index in [9.17, 15) is 4.79 Å². The number of nitrogens with one attached hydrogen (secondary N) is 2. The number of ether oxygens (including phenoxy) is 1. The van der Waals surface area contributed by atoms with E-state index in [0.29, 0.717) is 24.6 Å². The Morgan fingerprint density at radius 3 is 2.74 bits per heavy atom. The van der Waals surface area contributed by atoms with Crippen molar-refractivity contribution in [3.8, 4) is 5.75 Å². The Hall–Kier alpha value is -0.780. The molecular formula is C13H20BrClN2O2. The highest BCUT2D eigenvalue weighted by molar-refractivity contribution is 9.10. The third-order valence-electron chi connectivity index (χ3n) is 2.46. The summed E-state index contributed by atoms with van der Waals surface area (Å²) in [6.07, 6.45) is 0. The molecule has 1 aromatic rings. The summed E-state index contributed by atoms with van der Waals surface area (Å²) in [4.78, 5) is 11.9. The molecular weight excluding hydrogens is 332 g/mol. The molecule has 108 valence electrons. The largest absolute Gasteiger partial charge is 0.492 e. The minimum atomic E-state index is -0.0897. The maximum absolute atomic E-state index is 11.9. The summed E-state index contributed by atoms with van der Waals surface area (Å²) in [6.45, 7) is 5.00. The molecule has 0 saturated heterocycles. The van der Waals surface area contributed by atoms with Crippen LogP contribution in [0.1, 0.15) is 13.8 Å². The van der Waals surface area contributed by atoms with E-state index < -0.39 is 0 Å². The Morgan fingerprint density at radius 2 is 2.16 bits per heavy atom. The van der Waals surface area contributed by atoms with Gasteiger partial charge in [-0.05, 0) is 32.2 Å². The lowest BCUT2D eigenvalue weighted by molar-refractivity contribution is -0.119. The molecule has 2 N–H and O–H groups in total. The molecule has 0 aliphatic carbocycles. The molecule has 0 aromatic heterocycles. The topological polar surface area (TPSA) is 50.4 Å². The Bertz CT molecular complexity index is 416. The molecule has 1 unspecified atom stereocenters. The third-order valence-corrected chi connectivity index (χ3v) is 2.95. The van der Waals surface area contributed by atoms with Crippen LogP contribution in [0.5, 0.6) is 5.75 Å². The van der Waals surface area contributed by atoms with Gasteiger partial charge in [0.25, 0.3) is 0 Å². The fourth-order valence-electron chi connectivity index (χ4n) is 1.53. The highest BCUT2D eigenvalue weighted by atomic mass is 79.9. The van der Waals surface area contributed by atoms with Crippen LogP contribution in [0.15, 0.2) is 22.7 Å². The van der Waals surface area contributed by atoms with Gasteiger partial charge in [-0.25, -0.2) is 0 Å². The lowest BCUT2D eigenvalue weighted by Gasteiger charge is -2.15. The molecule has 0 saturated carbocycles. The predicted molar refractivity (Wildman–Crippen MR) is 84.3 cm³/mol. The molecule has 0 bridgehead atoms. The first-order valence-electron chi connectivity index (χ1n) is 5.96. The van der Waals surface area contributed by atoms with Gasteiger partial charge in [-0.1, -0.05) is 22.9 Å². The second kappa shape index (κ2) is 9.18. The standard InChI is InChI=1S/C13H19BrN2O2.ClH/c1-4-18-12-7-10(14)5-6-11(12)16-13(17)9(2)8-15-3;/h5-7,9,15H,4,8H2,1-3H3,(H,16,17);1H. The van der Waals surface area contributed by atoms with E-state index in [1.165, 1.54) is 0 Å². The number of carbonyl (C=O) groups is 1. The van der Waals surface area contributed by atoms with E-state index in [-0.39, 0.29) is 24.2 Å². The van der Waals surface area contributed by atoms with Gasteiger partial charge < -0.3 is 15.4 Å². The summed E-state index contributed by atoms with van der Waals surface area (Å²) in [6, 6.07) is 5.56. The first-order valence-corrected chi connectivity index (χ1v) is 6.75. The molecule has 0 spiro atoms. The van der Waals surface area contributed by atoms with Gasteiger partial charge in [0.1, 0.15) is 5.75 Å². The smallest absolute Gasteiger partial charge is 0.228 e. The number of halogens is 2. The summed E-state index contributed by atoms with van der Waals surface area (Å²) in [5, 5.41) is 5.87. The number of carbonyl (C=O) groups excluding carboxylic acids is 1. The van der Waals surface area contributed by atoms with Crippen LogP contribution < -0.4 is 15.4 Å². The molecule has 1 aromatic carbocycles. The summed E-state index contributed by atoms with van der Waals surface area (Å²) >= 11 is 3.38. The molecule has 6 heteroatoms. The molecule has 0 radical (unpaired) electrons. The first kappa shape index (κ1) is 18.2. The summed E-state index contributed by atoms with van der Waals surface area (Å²) in [7, 11) is 1.83. The van der Waals surface area contributed by atoms with Crippen LogP contribution in [0.2, 0.25) is 0 Å².